The summed E-state index contributed by atoms with van der Waals surface area (Å²) in [5.41, 5.74) is 0. The van der Waals surface area contributed by atoms with Gasteiger partial charge in [-0.2, -0.15) is 0 Å². The molecule has 0 spiro atoms. The second kappa shape index (κ2) is 36.8. The molecule has 0 aliphatic heterocycles. The summed E-state index contributed by atoms with van der Waals surface area (Å²) in [6.07, 6.45) is 46.6. The molecule has 0 bridgehead atoms. The van der Waals surface area contributed by atoms with E-state index in [4.69, 9.17) is 18.5 Å². The van der Waals surface area contributed by atoms with Gasteiger partial charge >= 0.3 is 19.8 Å². The first kappa shape index (κ1) is 52.2. The van der Waals surface area contributed by atoms with Gasteiger partial charge in [0.15, 0.2) is 6.10 Å². The largest absolute Gasteiger partial charge is 0.472 e. The van der Waals surface area contributed by atoms with Crippen LogP contribution in [-0.2, 0) is 32.7 Å². The Kier molecular flexibility index (Phi) is 34.9. The molecular weight excluding hydrogens is 713 g/mol. The van der Waals surface area contributed by atoms with Gasteiger partial charge in [0.25, 0.3) is 0 Å². The number of phosphoric ester groups is 1. The van der Waals surface area contributed by atoms with Crippen molar-refractivity contribution >= 4 is 19.8 Å². The SMILES string of the molecule is CC/C=C\C/C=C\C/C=C\C/C=C\C/C=C\CC(=O)OC(COC(=O)CCCCCCC/C=C\C/C=C\CCCCCC)COP(=O)(O)OCC[N+](C)(C)C. The number of carbonyl (C=O) groups is 2. The zero-order chi connectivity index (χ0) is 40.7. The summed E-state index contributed by atoms with van der Waals surface area (Å²) in [6, 6.07) is 0. The van der Waals surface area contributed by atoms with Crippen LogP contribution in [0.2, 0.25) is 0 Å². The van der Waals surface area contributed by atoms with E-state index >= 15 is 0 Å². The molecule has 0 aromatic carbocycles. The van der Waals surface area contributed by atoms with Gasteiger partial charge in [-0.3, -0.25) is 18.6 Å². The summed E-state index contributed by atoms with van der Waals surface area (Å²) in [5, 5.41) is 0. The van der Waals surface area contributed by atoms with Crippen LogP contribution in [0.4, 0.5) is 0 Å². The highest BCUT2D eigenvalue weighted by Crippen LogP contribution is 2.43. The number of likely N-dealkylation sites (N-methyl/N-ethyl adjacent to an activating group) is 1. The topological polar surface area (TPSA) is 108 Å². The van der Waals surface area contributed by atoms with Gasteiger partial charge in [0.2, 0.25) is 0 Å². The fourth-order valence-corrected chi connectivity index (χ4v) is 5.68. The first-order chi connectivity index (χ1) is 26.5. The summed E-state index contributed by atoms with van der Waals surface area (Å²) in [6.45, 7) is 4.13. The van der Waals surface area contributed by atoms with Gasteiger partial charge in [-0.1, -0.05) is 137 Å². The highest BCUT2D eigenvalue weighted by Gasteiger charge is 2.26. The van der Waals surface area contributed by atoms with Crippen molar-refractivity contribution < 1.29 is 42.1 Å². The number of allylic oxidation sites excluding steroid dienone is 13. The molecule has 0 aliphatic rings. The zero-order valence-electron chi connectivity index (χ0n) is 35.1. The monoisotopic (exact) mass is 791 g/mol. The van der Waals surface area contributed by atoms with Crippen molar-refractivity contribution in [3.8, 4) is 0 Å². The van der Waals surface area contributed by atoms with E-state index in [1.54, 1.807) is 6.08 Å². The van der Waals surface area contributed by atoms with Crippen LogP contribution in [0, 0.1) is 0 Å². The molecule has 55 heavy (non-hydrogen) atoms. The molecule has 314 valence electrons. The number of hydrogen-bond donors (Lipinski definition) is 1. The van der Waals surface area contributed by atoms with Gasteiger partial charge in [-0.25, -0.2) is 4.57 Å². The highest BCUT2D eigenvalue weighted by molar-refractivity contribution is 7.47. The van der Waals surface area contributed by atoms with E-state index < -0.39 is 32.5 Å². The zero-order valence-corrected chi connectivity index (χ0v) is 36.0. The number of phosphoric acid groups is 1. The lowest BCUT2D eigenvalue weighted by Crippen LogP contribution is -2.37. The molecule has 0 rings (SSSR count). The average molecular weight is 791 g/mol. The van der Waals surface area contributed by atoms with E-state index in [-0.39, 0.29) is 26.1 Å². The second-order valence-corrected chi connectivity index (χ2v) is 16.1. The molecule has 2 atom stereocenters. The summed E-state index contributed by atoms with van der Waals surface area (Å²) >= 11 is 0. The molecule has 0 aromatic heterocycles. The summed E-state index contributed by atoms with van der Waals surface area (Å²) in [7, 11) is 1.40. The fourth-order valence-electron chi connectivity index (χ4n) is 4.94. The third-order valence-corrected chi connectivity index (χ3v) is 9.18. The molecule has 0 aliphatic carbocycles. The molecule has 10 heteroatoms. The first-order valence-corrected chi connectivity index (χ1v) is 22.3. The second-order valence-electron chi connectivity index (χ2n) is 14.7. The van der Waals surface area contributed by atoms with Gasteiger partial charge in [-0.15, -0.1) is 0 Å². The number of ether oxygens (including phenoxy) is 2. The minimum Gasteiger partial charge on any atom is -0.462 e. The smallest absolute Gasteiger partial charge is 0.462 e. The van der Waals surface area contributed by atoms with Crippen molar-refractivity contribution in [1.82, 2.24) is 0 Å². The fraction of sp³-hybridized carbons (Fsp3) is 0.644. The number of nitrogens with zero attached hydrogens (tertiary/aromatic N) is 1. The van der Waals surface area contributed by atoms with Crippen molar-refractivity contribution in [2.75, 3.05) is 47.5 Å². The molecule has 0 aromatic rings. The molecule has 0 saturated carbocycles. The number of unbranched alkanes of at least 4 members (excludes halogenated alkanes) is 9. The molecule has 0 radical (unpaired) electrons. The summed E-state index contributed by atoms with van der Waals surface area (Å²) in [4.78, 5) is 35.2. The quantitative estimate of drug-likeness (QED) is 0.0220. The molecule has 9 nitrogen and oxygen atoms in total. The van der Waals surface area contributed by atoms with Crippen LogP contribution in [0.5, 0.6) is 0 Å². The first-order valence-electron chi connectivity index (χ1n) is 20.8. The Morgan fingerprint density at radius 3 is 1.64 bits per heavy atom. The van der Waals surface area contributed by atoms with Gasteiger partial charge in [0.05, 0.1) is 34.2 Å². The van der Waals surface area contributed by atoms with Gasteiger partial charge in [0, 0.05) is 6.42 Å². The van der Waals surface area contributed by atoms with Crippen LogP contribution < -0.4 is 0 Å². The Hall–Kier alpha value is -2.81. The molecule has 0 saturated heterocycles. The number of carbonyl (C=O) groups excluding carboxylic acids is 2. The van der Waals surface area contributed by atoms with Crippen molar-refractivity contribution in [3.05, 3.63) is 85.1 Å². The summed E-state index contributed by atoms with van der Waals surface area (Å²) in [5.74, 6) is -0.972. The molecule has 0 fully saturated rings. The van der Waals surface area contributed by atoms with Crippen LogP contribution in [0.25, 0.3) is 0 Å². The maximum Gasteiger partial charge on any atom is 0.472 e. The maximum atomic E-state index is 12.6. The van der Waals surface area contributed by atoms with Crippen LogP contribution in [0.1, 0.15) is 136 Å². The third kappa shape index (κ3) is 40.7. The van der Waals surface area contributed by atoms with Crippen molar-refractivity contribution in [2.45, 2.75) is 142 Å². The lowest BCUT2D eigenvalue weighted by atomic mass is 10.1. The van der Waals surface area contributed by atoms with Crippen LogP contribution in [0.3, 0.4) is 0 Å². The molecule has 0 amide bonds. The minimum atomic E-state index is -4.41. The van der Waals surface area contributed by atoms with Crippen LogP contribution in [0.15, 0.2) is 85.1 Å². The summed E-state index contributed by atoms with van der Waals surface area (Å²) < 4.78 is 34.1. The van der Waals surface area contributed by atoms with E-state index in [0.717, 1.165) is 64.2 Å². The molecular formula is C45H77NO8P+. The Morgan fingerprint density at radius 1 is 0.600 bits per heavy atom. The Labute approximate surface area is 335 Å². The van der Waals surface area contributed by atoms with Crippen LogP contribution in [-0.4, -0.2) is 74.9 Å². The van der Waals surface area contributed by atoms with Crippen LogP contribution >= 0.6 is 7.82 Å². The Bertz CT molecular complexity index is 1210. The lowest BCUT2D eigenvalue weighted by molar-refractivity contribution is -0.870. The third-order valence-electron chi connectivity index (χ3n) is 8.19. The predicted octanol–water partition coefficient (Wildman–Crippen LogP) is 11.6. The molecule has 0 heterocycles. The van der Waals surface area contributed by atoms with Crippen molar-refractivity contribution in [2.24, 2.45) is 0 Å². The van der Waals surface area contributed by atoms with E-state index in [1.807, 2.05) is 33.3 Å². The molecule has 2 unspecified atom stereocenters. The highest BCUT2D eigenvalue weighted by atomic mass is 31.2. The van der Waals surface area contributed by atoms with Gasteiger partial charge < -0.3 is 18.9 Å². The lowest BCUT2D eigenvalue weighted by Gasteiger charge is -2.24. The average Bonchev–Trinajstić information content (AvgIpc) is 3.13. The van der Waals surface area contributed by atoms with E-state index in [2.05, 4.69) is 80.7 Å². The van der Waals surface area contributed by atoms with Crippen molar-refractivity contribution in [3.63, 3.8) is 0 Å². The number of esters is 2. The Morgan fingerprint density at radius 2 is 1.09 bits per heavy atom. The van der Waals surface area contributed by atoms with E-state index in [9.17, 15) is 19.0 Å². The van der Waals surface area contributed by atoms with E-state index in [0.29, 0.717) is 23.9 Å². The van der Waals surface area contributed by atoms with Crippen molar-refractivity contribution in [1.29, 1.82) is 0 Å². The standard InChI is InChI=1S/C45H76NO8P/c1-6-8-10-12-14-16-18-20-22-24-25-27-29-31-33-35-37-44(47)51-41-43(42-53-55(49,50)52-40-39-46(3,4)5)54-45(48)38-36-34-32-30-28-26-23-21-19-17-15-13-11-9-7-2/h9,11,15-18,21-24,28,30,34,36,43H,6-8,10,12-14,19-20,25-27,29,31-33,35,37-42H2,1-5H3/p+1/b11-9-,17-15-,18-16-,23-21-,24-22-,30-28-,36-34-. The number of rotatable bonds is 36. The normalized spacial score (nSPS) is 14.5. The van der Waals surface area contributed by atoms with E-state index in [1.165, 1.54) is 32.1 Å². The van der Waals surface area contributed by atoms with Gasteiger partial charge in [0.1, 0.15) is 19.8 Å². The van der Waals surface area contributed by atoms with Gasteiger partial charge in [-0.05, 0) is 70.6 Å². The minimum absolute atomic E-state index is 0.000781. The number of hydrogen-bond acceptors (Lipinski definition) is 7. The Balaban J connectivity index is 4.57. The number of quaternary nitrogens is 1. The predicted molar refractivity (Wildman–Crippen MR) is 229 cm³/mol. The molecule has 1 N–H and O–H groups in total. The maximum absolute atomic E-state index is 12.6.